The van der Waals surface area contributed by atoms with Crippen LogP contribution in [0.4, 0.5) is 0 Å². The van der Waals surface area contributed by atoms with Gasteiger partial charge in [-0.1, -0.05) is 25.1 Å². The molecule has 106 valence electrons. The van der Waals surface area contributed by atoms with Crippen LogP contribution in [0.1, 0.15) is 23.8 Å². The van der Waals surface area contributed by atoms with Crippen LogP contribution in [0.5, 0.6) is 0 Å². The quantitative estimate of drug-likeness (QED) is 0.758. The van der Waals surface area contributed by atoms with Gasteiger partial charge in [-0.2, -0.15) is 5.10 Å². The molecule has 1 aliphatic rings. The zero-order chi connectivity index (χ0) is 14.3. The number of carbonyl (C=O) groups is 1. The molecule has 1 aromatic carbocycles. The van der Waals surface area contributed by atoms with Crippen molar-refractivity contribution in [3.8, 4) is 0 Å². The van der Waals surface area contributed by atoms with Crippen LogP contribution in [0.2, 0.25) is 0 Å². The number of rotatable bonds is 1. The highest BCUT2D eigenvalue weighted by molar-refractivity contribution is 6.21. The molecule has 5 heteroatoms. The summed E-state index contributed by atoms with van der Waals surface area (Å²) < 4.78 is 1.76. The number of benzene rings is 1. The third kappa shape index (κ3) is 2.18. The van der Waals surface area contributed by atoms with Gasteiger partial charge < -0.3 is 4.90 Å². The Bertz CT molecular complexity index is 652. The number of alkyl halides is 1. The minimum absolute atomic E-state index is 0.0145. The highest BCUT2D eigenvalue weighted by atomic mass is 35.5. The molecule has 0 saturated carbocycles. The SMILES string of the molecule is CC1CCN(C(=O)c2nn(C)c3ccccc23)CC1Cl. The topological polar surface area (TPSA) is 38.1 Å². The molecule has 1 amide bonds. The van der Waals surface area contributed by atoms with Gasteiger partial charge in [0.05, 0.1) is 10.9 Å². The number of halogens is 1. The van der Waals surface area contributed by atoms with Crippen molar-refractivity contribution in [2.75, 3.05) is 13.1 Å². The van der Waals surface area contributed by atoms with E-state index in [2.05, 4.69) is 12.0 Å². The van der Waals surface area contributed by atoms with E-state index in [0.717, 1.165) is 23.9 Å². The zero-order valence-electron chi connectivity index (χ0n) is 11.7. The molecular formula is C15H18ClN3O. The smallest absolute Gasteiger partial charge is 0.275 e. The Hall–Kier alpha value is -1.55. The molecule has 1 fully saturated rings. The minimum Gasteiger partial charge on any atom is -0.336 e. The van der Waals surface area contributed by atoms with Gasteiger partial charge in [-0.15, -0.1) is 11.6 Å². The number of piperidine rings is 1. The fourth-order valence-electron chi connectivity index (χ4n) is 2.73. The summed E-state index contributed by atoms with van der Waals surface area (Å²) in [5.41, 5.74) is 1.50. The predicted octanol–water partition coefficient (Wildman–Crippen LogP) is 2.66. The van der Waals surface area contributed by atoms with Crippen LogP contribution in [0.25, 0.3) is 10.9 Å². The van der Waals surface area contributed by atoms with Crippen molar-refractivity contribution < 1.29 is 4.79 Å². The lowest BCUT2D eigenvalue weighted by Gasteiger charge is -2.33. The summed E-state index contributed by atoms with van der Waals surface area (Å²) >= 11 is 6.30. The minimum atomic E-state index is -0.0145. The van der Waals surface area contributed by atoms with Crippen molar-refractivity contribution in [2.24, 2.45) is 13.0 Å². The lowest BCUT2D eigenvalue weighted by Crippen LogP contribution is -2.44. The number of para-hydroxylation sites is 1. The number of nitrogens with zero attached hydrogens (tertiary/aromatic N) is 3. The Kier molecular flexibility index (Phi) is 3.42. The molecule has 1 aromatic heterocycles. The van der Waals surface area contributed by atoms with Gasteiger partial charge in [-0.05, 0) is 18.4 Å². The van der Waals surface area contributed by atoms with Crippen LogP contribution >= 0.6 is 11.6 Å². The molecule has 20 heavy (non-hydrogen) atoms. The first-order chi connectivity index (χ1) is 9.58. The van der Waals surface area contributed by atoms with Crippen LogP contribution < -0.4 is 0 Å². The van der Waals surface area contributed by atoms with Crippen molar-refractivity contribution in [3.05, 3.63) is 30.0 Å². The Balaban J connectivity index is 1.93. The van der Waals surface area contributed by atoms with Crippen molar-refractivity contribution in [3.63, 3.8) is 0 Å². The molecule has 1 aliphatic heterocycles. The Morgan fingerprint density at radius 3 is 2.90 bits per heavy atom. The van der Waals surface area contributed by atoms with E-state index in [1.54, 1.807) is 4.68 Å². The highest BCUT2D eigenvalue weighted by Crippen LogP contribution is 2.25. The number of carbonyl (C=O) groups excluding carboxylic acids is 1. The van der Waals surface area contributed by atoms with E-state index in [4.69, 9.17) is 11.6 Å². The first-order valence-corrected chi connectivity index (χ1v) is 7.36. The van der Waals surface area contributed by atoms with Crippen molar-refractivity contribution in [1.82, 2.24) is 14.7 Å². The average molecular weight is 292 g/mol. The number of hydrogen-bond acceptors (Lipinski definition) is 2. The Morgan fingerprint density at radius 2 is 2.15 bits per heavy atom. The molecule has 3 rings (SSSR count). The maximum atomic E-state index is 12.7. The maximum absolute atomic E-state index is 12.7. The van der Waals surface area contributed by atoms with Crippen LogP contribution in [-0.2, 0) is 7.05 Å². The van der Waals surface area contributed by atoms with Gasteiger partial charge in [-0.3, -0.25) is 9.48 Å². The second kappa shape index (κ2) is 5.09. The van der Waals surface area contributed by atoms with Gasteiger partial charge in [-0.25, -0.2) is 0 Å². The summed E-state index contributed by atoms with van der Waals surface area (Å²) in [6.45, 7) is 3.50. The molecule has 1 saturated heterocycles. The van der Waals surface area contributed by atoms with E-state index in [0.29, 0.717) is 18.2 Å². The fraction of sp³-hybridized carbons (Fsp3) is 0.467. The second-order valence-corrected chi connectivity index (χ2v) is 6.08. The summed E-state index contributed by atoms with van der Waals surface area (Å²) in [6.07, 6.45) is 0.949. The van der Waals surface area contributed by atoms with Gasteiger partial charge >= 0.3 is 0 Å². The molecular weight excluding hydrogens is 274 g/mol. The lowest BCUT2D eigenvalue weighted by atomic mass is 9.98. The lowest BCUT2D eigenvalue weighted by molar-refractivity contribution is 0.0696. The van der Waals surface area contributed by atoms with Crippen LogP contribution in [0, 0.1) is 5.92 Å². The van der Waals surface area contributed by atoms with Crippen LogP contribution in [-0.4, -0.2) is 39.1 Å². The third-order valence-electron chi connectivity index (χ3n) is 4.11. The van der Waals surface area contributed by atoms with Gasteiger partial charge in [0.15, 0.2) is 5.69 Å². The van der Waals surface area contributed by atoms with Crippen LogP contribution in [0.15, 0.2) is 24.3 Å². The largest absolute Gasteiger partial charge is 0.336 e. The second-order valence-electron chi connectivity index (χ2n) is 5.52. The summed E-state index contributed by atoms with van der Waals surface area (Å²) in [6, 6.07) is 7.81. The molecule has 4 nitrogen and oxygen atoms in total. The van der Waals surface area contributed by atoms with Crippen molar-refractivity contribution in [1.29, 1.82) is 0 Å². The van der Waals surface area contributed by atoms with Crippen molar-refractivity contribution >= 4 is 28.4 Å². The number of likely N-dealkylation sites (tertiary alicyclic amines) is 1. The Morgan fingerprint density at radius 1 is 1.40 bits per heavy atom. The molecule has 0 aliphatic carbocycles. The van der Waals surface area contributed by atoms with E-state index in [9.17, 15) is 4.79 Å². The van der Waals surface area contributed by atoms with Gasteiger partial charge in [0, 0.05) is 25.5 Å². The predicted molar refractivity (Wildman–Crippen MR) is 80.0 cm³/mol. The number of aromatic nitrogens is 2. The van der Waals surface area contributed by atoms with E-state index >= 15 is 0 Å². The number of fused-ring (bicyclic) bond motifs is 1. The summed E-state index contributed by atoms with van der Waals surface area (Å²) in [5, 5.41) is 5.33. The molecule has 0 radical (unpaired) electrons. The maximum Gasteiger partial charge on any atom is 0.275 e. The molecule has 0 N–H and O–H groups in total. The molecule has 2 unspecified atom stereocenters. The highest BCUT2D eigenvalue weighted by Gasteiger charge is 2.29. The average Bonchev–Trinajstić information content (AvgIpc) is 2.79. The van der Waals surface area contributed by atoms with Gasteiger partial charge in [0.2, 0.25) is 0 Å². The molecule has 2 atom stereocenters. The van der Waals surface area contributed by atoms with E-state index in [1.807, 2.05) is 36.2 Å². The zero-order valence-corrected chi connectivity index (χ0v) is 12.5. The first-order valence-electron chi connectivity index (χ1n) is 6.93. The third-order valence-corrected chi connectivity index (χ3v) is 4.68. The fourth-order valence-corrected chi connectivity index (χ4v) is 3.02. The van der Waals surface area contributed by atoms with E-state index < -0.39 is 0 Å². The van der Waals surface area contributed by atoms with Gasteiger partial charge in [0.1, 0.15) is 0 Å². The Labute approximate surface area is 123 Å². The normalized spacial score (nSPS) is 23.2. The number of aryl methyl sites for hydroxylation is 1. The molecule has 0 spiro atoms. The monoisotopic (exact) mass is 291 g/mol. The van der Waals surface area contributed by atoms with Gasteiger partial charge in [0.25, 0.3) is 5.91 Å². The summed E-state index contributed by atoms with van der Waals surface area (Å²) in [5.74, 6) is 0.445. The van der Waals surface area contributed by atoms with Crippen LogP contribution in [0.3, 0.4) is 0 Å². The van der Waals surface area contributed by atoms with Crippen molar-refractivity contribution in [2.45, 2.75) is 18.7 Å². The first kappa shape index (κ1) is 13.4. The summed E-state index contributed by atoms with van der Waals surface area (Å²) in [7, 11) is 1.86. The van der Waals surface area contributed by atoms with E-state index in [1.165, 1.54) is 0 Å². The molecule has 2 heterocycles. The summed E-state index contributed by atoms with van der Waals surface area (Å²) in [4.78, 5) is 14.5. The number of hydrogen-bond donors (Lipinski definition) is 0. The molecule has 2 aromatic rings. The standard InChI is InChI=1S/C15H18ClN3O/c1-10-7-8-19(9-12(10)16)15(20)14-11-5-3-4-6-13(11)18(2)17-14/h3-6,10,12H,7-9H2,1-2H3. The van der Waals surface area contributed by atoms with E-state index in [-0.39, 0.29) is 11.3 Å². The number of amides is 1. The molecule has 0 bridgehead atoms.